The molecular formula is C18H20INO2Si. The Morgan fingerprint density at radius 2 is 1.78 bits per heavy atom. The van der Waals surface area contributed by atoms with E-state index in [2.05, 4.69) is 50.3 Å². The third-order valence-electron chi connectivity index (χ3n) is 4.99. The van der Waals surface area contributed by atoms with Crippen LogP contribution < -0.4 is 5.19 Å². The molecule has 0 atom stereocenters. The molecule has 0 spiro atoms. The summed E-state index contributed by atoms with van der Waals surface area (Å²) in [6, 6.07) is 5.47. The summed E-state index contributed by atoms with van der Waals surface area (Å²) >= 11 is 2.19. The zero-order valence-corrected chi connectivity index (χ0v) is 16.9. The third kappa shape index (κ3) is 2.28. The van der Waals surface area contributed by atoms with Crippen LogP contribution in [0.1, 0.15) is 27.7 Å². The summed E-state index contributed by atoms with van der Waals surface area (Å²) < 4.78 is 0.798. The van der Waals surface area contributed by atoms with Crippen molar-refractivity contribution in [2.75, 3.05) is 0 Å². The Labute approximate surface area is 151 Å². The van der Waals surface area contributed by atoms with Crippen LogP contribution in [0.2, 0.25) is 11.1 Å². The fourth-order valence-electron chi connectivity index (χ4n) is 4.12. The molecule has 0 aromatic heterocycles. The van der Waals surface area contributed by atoms with Crippen molar-refractivity contribution in [2.24, 2.45) is 4.99 Å². The number of ketones is 1. The molecule has 0 bridgehead atoms. The van der Waals surface area contributed by atoms with Gasteiger partial charge in [0.15, 0.2) is 5.78 Å². The van der Waals surface area contributed by atoms with Gasteiger partial charge in [-0.1, -0.05) is 27.7 Å². The molecule has 0 amide bonds. The summed E-state index contributed by atoms with van der Waals surface area (Å²) in [5.41, 5.74) is 2.67. The van der Waals surface area contributed by atoms with Gasteiger partial charge in [0.05, 0.1) is 15.0 Å². The van der Waals surface area contributed by atoms with E-state index in [0.717, 1.165) is 25.4 Å². The number of aliphatic imine (C=N–C) groups is 1. The van der Waals surface area contributed by atoms with Gasteiger partial charge < -0.3 is 5.11 Å². The first-order chi connectivity index (χ1) is 10.8. The number of aromatic hydroxyl groups is 1. The maximum Gasteiger partial charge on any atom is 0.191 e. The lowest BCUT2D eigenvalue weighted by molar-refractivity contribution is -0.110. The van der Waals surface area contributed by atoms with Crippen molar-refractivity contribution in [2.45, 2.75) is 38.8 Å². The number of hydrogen-bond donors (Lipinski definition) is 1. The van der Waals surface area contributed by atoms with Gasteiger partial charge in [-0.2, -0.15) is 0 Å². The number of allylic oxidation sites excluding steroid dienone is 4. The van der Waals surface area contributed by atoms with Crippen molar-refractivity contribution in [1.82, 2.24) is 0 Å². The van der Waals surface area contributed by atoms with E-state index in [4.69, 9.17) is 4.99 Å². The topological polar surface area (TPSA) is 49.7 Å². The highest BCUT2D eigenvalue weighted by Crippen LogP contribution is 2.47. The fraction of sp³-hybridized carbons (Fsp3) is 0.333. The Hall–Kier alpha value is -1.21. The first kappa shape index (κ1) is 16.6. The molecule has 120 valence electrons. The number of carbonyl (C=O) groups is 1. The average molecular weight is 437 g/mol. The standard InChI is InChI=1S/C18H20INO2Si/c1-10(2)23(11(3)4)16-9-12(21)5-6-13(16)20-14-7-8-15(22)17(19)18(14)23/h5-11,21H,1-4H3. The highest BCUT2D eigenvalue weighted by Gasteiger charge is 2.51. The lowest BCUT2D eigenvalue weighted by Gasteiger charge is -2.45. The highest BCUT2D eigenvalue weighted by atomic mass is 127. The van der Waals surface area contributed by atoms with Crippen LogP contribution in [0.5, 0.6) is 5.75 Å². The first-order valence-corrected chi connectivity index (χ1v) is 11.1. The molecule has 23 heavy (non-hydrogen) atoms. The van der Waals surface area contributed by atoms with Crippen LogP contribution in [0.15, 0.2) is 44.1 Å². The molecule has 5 heteroatoms. The molecule has 1 heterocycles. The van der Waals surface area contributed by atoms with E-state index in [-0.39, 0.29) is 11.5 Å². The van der Waals surface area contributed by atoms with Crippen LogP contribution in [0.3, 0.4) is 0 Å². The lowest BCUT2D eigenvalue weighted by atomic mass is 10.1. The minimum Gasteiger partial charge on any atom is -0.508 e. The van der Waals surface area contributed by atoms with Crippen LogP contribution in [0.4, 0.5) is 5.69 Å². The molecule has 3 nitrogen and oxygen atoms in total. The van der Waals surface area contributed by atoms with Gasteiger partial charge in [-0.3, -0.25) is 4.79 Å². The van der Waals surface area contributed by atoms with Crippen molar-refractivity contribution in [3.63, 3.8) is 0 Å². The van der Waals surface area contributed by atoms with E-state index in [1.165, 1.54) is 0 Å². The summed E-state index contributed by atoms with van der Waals surface area (Å²) in [5, 5.41) is 12.4. The molecule has 0 unspecified atom stereocenters. The Bertz CT molecular complexity index is 782. The van der Waals surface area contributed by atoms with E-state index < -0.39 is 8.07 Å². The minimum absolute atomic E-state index is 0.0707. The SMILES string of the molecule is CC(C)[Si]1(C(C)C)C2=C(I)C(=O)C=CC2=Nc2ccc(O)cc21. The number of benzene rings is 1. The fourth-order valence-corrected chi connectivity index (χ4v) is 11.9. The molecule has 1 aliphatic heterocycles. The van der Waals surface area contributed by atoms with Gasteiger partial charge in [0.1, 0.15) is 13.8 Å². The summed E-state index contributed by atoms with van der Waals surface area (Å²) in [7, 11) is -2.25. The van der Waals surface area contributed by atoms with Gasteiger partial charge in [0.25, 0.3) is 0 Å². The zero-order valence-electron chi connectivity index (χ0n) is 13.7. The number of hydrogen-bond acceptors (Lipinski definition) is 3. The summed E-state index contributed by atoms with van der Waals surface area (Å²) in [4.78, 5) is 17.1. The minimum atomic E-state index is -2.25. The number of fused-ring (bicyclic) bond motifs is 2. The molecule has 1 aromatic carbocycles. The second kappa shape index (κ2) is 5.70. The predicted molar refractivity (Wildman–Crippen MR) is 106 cm³/mol. The summed E-state index contributed by atoms with van der Waals surface area (Å²) in [6.07, 6.45) is 3.48. The second-order valence-corrected chi connectivity index (χ2v) is 12.9. The number of rotatable bonds is 2. The zero-order chi connectivity index (χ0) is 16.9. The molecule has 1 N–H and O–H groups in total. The van der Waals surface area contributed by atoms with E-state index >= 15 is 0 Å². The number of nitrogens with zero attached hydrogens (tertiary/aromatic N) is 1. The Kier molecular flexibility index (Phi) is 4.12. The first-order valence-electron chi connectivity index (χ1n) is 7.85. The smallest absolute Gasteiger partial charge is 0.191 e. The van der Waals surface area contributed by atoms with Gasteiger partial charge >= 0.3 is 0 Å². The van der Waals surface area contributed by atoms with Crippen LogP contribution >= 0.6 is 22.6 Å². The quantitative estimate of drug-likeness (QED) is 0.426. The van der Waals surface area contributed by atoms with Crippen LogP contribution in [0, 0.1) is 0 Å². The van der Waals surface area contributed by atoms with Gasteiger partial charge in [-0.15, -0.1) is 0 Å². The van der Waals surface area contributed by atoms with Crippen molar-refractivity contribution in [3.8, 4) is 5.75 Å². The molecule has 0 saturated carbocycles. The maximum absolute atomic E-state index is 12.3. The van der Waals surface area contributed by atoms with E-state index in [1.807, 2.05) is 18.2 Å². The normalized spacial score (nSPS) is 19.1. The molecule has 0 saturated heterocycles. The van der Waals surface area contributed by atoms with E-state index in [0.29, 0.717) is 11.1 Å². The Morgan fingerprint density at radius 1 is 1.13 bits per heavy atom. The molecule has 1 aromatic rings. The predicted octanol–water partition coefficient (Wildman–Crippen LogP) is 4.32. The van der Waals surface area contributed by atoms with Crippen molar-refractivity contribution < 1.29 is 9.90 Å². The van der Waals surface area contributed by atoms with Gasteiger partial charge in [0.2, 0.25) is 0 Å². The van der Waals surface area contributed by atoms with Gasteiger partial charge in [-0.25, -0.2) is 4.99 Å². The average Bonchev–Trinajstić information content (AvgIpc) is 2.48. The van der Waals surface area contributed by atoms with Crippen molar-refractivity contribution >= 4 is 53.0 Å². The van der Waals surface area contributed by atoms with Gasteiger partial charge in [0, 0.05) is 0 Å². The number of phenols is 1. The number of halogens is 1. The molecule has 3 rings (SSSR count). The lowest BCUT2D eigenvalue weighted by Crippen LogP contribution is -2.59. The van der Waals surface area contributed by atoms with E-state index in [1.54, 1.807) is 12.1 Å². The van der Waals surface area contributed by atoms with Crippen LogP contribution in [-0.2, 0) is 4.79 Å². The van der Waals surface area contributed by atoms with E-state index in [9.17, 15) is 9.90 Å². The van der Waals surface area contributed by atoms with Crippen LogP contribution in [0.25, 0.3) is 0 Å². The van der Waals surface area contributed by atoms with Crippen molar-refractivity contribution in [3.05, 3.63) is 39.1 Å². The molecule has 1 aliphatic carbocycles. The molecule has 2 aliphatic rings. The number of carbonyl (C=O) groups excluding carboxylic acids is 1. The highest BCUT2D eigenvalue weighted by molar-refractivity contribution is 14.1. The third-order valence-corrected chi connectivity index (χ3v) is 12.8. The molecule has 0 fully saturated rings. The van der Waals surface area contributed by atoms with Crippen molar-refractivity contribution in [1.29, 1.82) is 0 Å². The largest absolute Gasteiger partial charge is 0.508 e. The monoisotopic (exact) mass is 437 g/mol. The van der Waals surface area contributed by atoms with Gasteiger partial charge in [-0.05, 0) is 74.4 Å². The Balaban J connectivity index is 2.47. The van der Waals surface area contributed by atoms with Crippen LogP contribution in [-0.4, -0.2) is 24.7 Å². The molecule has 0 radical (unpaired) electrons. The number of phenolic OH excluding ortho intramolecular Hbond substituents is 1. The second-order valence-electron chi connectivity index (χ2n) is 6.76. The summed E-state index contributed by atoms with van der Waals surface area (Å²) in [5.74, 6) is 0.343. The maximum atomic E-state index is 12.3. The Morgan fingerprint density at radius 3 is 2.39 bits per heavy atom. The molecular weight excluding hydrogens is 417 g/mol. The summed E-state index contributed by atoms with van der Waals surface area (Å²) in [6.45, 7) is 8.96.